The normalized spacial score (nSPS) is 31.6. The molecule has 20 atom stereocenters. The first-order chi connectivity index (χ1) is 46.3. The molecule has 3 aromatic heterocycles. The van der Waals surface area contributed by atoms with Gasteiger partial charge in [0.15, 0.2) is 0 Å². The molecule has 6 aliphatic heterocycles. The molecule has 4 fully saturated rings. The summed E-state index contributed by atoms with van der Waals surface area (Å²) in [6, 6.07) is 35.1. The molecule has 4 unspecified atom stereocenters. The number of H-pyrrole nitrogens is 2. The van der Waals surface area contributed by atoms with Crippen LogP contribution in [-0.4, -0.2) is 251 Å². The van der Waals surface area contributed by atoms with Gasteiger partial charge in [0.1, 0.15) is 121 Å². The molecule has 18 N–H and O–H groups in total. The van der Waals surface area contributed by atoms with Crippen molar-refractivity contribution in [1.82, 2.24) is 19.9 Å². The average Bonchev–Trinajstić information content (AvgIpc) is 1.66. The molecule has 28 heteroatoms. The number of aromatic nitrogens is 4. The summed E-state index contributed by atoms with van der Waals surface area (Å²) in [5, 5.41) is 167. The van der Waals surface area contributed by atoms with Gasteiger partial charge in [0.05, 0.1) is 49.2 Å². The fourth-order valence-electron chi connectivity index (χ4n) is 13.0. The third-order valence-electron chi connectivity index (χ3n) is 18.3. The summed E-state index contributed by atoms with van der Waals surface area (Å²) in [6.45, 7) is -2.61. The lowest BCUT2D eigenvalue weighted by atomic mass is 9.99. The van der Waals surface area contributed by atoms with E-state index in [9.17, 15) is 81.7 Å². The number of aliphatic hydroxyl groups is 16. The molecule has 0 amide bonds. The first-order valence-corrected chi connectivity index (χ1v) is 31.4. The van der Waals surface area contributed by atoms with Crippen LogP contribution in [-0.2, 0) is 44.6 Å². The number of hydrogen-bond donors (Lipinski definition) is 18. The van der Waals surface area contributed by atoms with Crippen molar-refractivity contribution in [3.05, 3.63) is 144 Å². The summed E-state index contributed by atoms with van der Waals surface area (Å²) >= 11 is 0. The number of ether oxygens (including phenoxy) is 8. The van der Waals surface area contributed by atoms with Crippen LogP contribution in [0.25, 0.3) is 66.6 Å². The van der Waals surface area contributed by atoms with Gasteiger partial charge < -0.3 is 130 Å². The van der Waals surface area contributed by atoms with Gasteiger partial charge in [0.2, 0.25) is 25.2 Å². The predicted octanol–water partition coefficient (Wildman–Crippen LogP) is -0.732. The van der Waals surface area contributed by atoms with E-state index in [0.717, 1.165) is 0 Å². The van der Waals surface area contributed by atoms with Gasteiger partial charge in [0, 0.05) is 44.3 Å². The third-order valence-corrected chi connectivity index (χ3v) is 18.3. The molecule has 28 nitrogen and oxygen atoms in total. The van der Waals surface area contributed by atoms with E-state index in [4.69, 9.17) is 47.9 Å². The zero-order valence-corrected chi connectivity index (χ0v) is 51.1. The van der Waals surface area contributed by atoms with E-state index in [0.29, 0.717) is 115 Å². The average molecular weight is 1330 g/mol. The molecule has 7 aromatic rings. The Hall–Kier alpha value is -7.60. The van der Waals surface area contributed by atoms with Crippen molar-refractivity contribution < 1.29 is 120 Å². The number of rotatable bonds is 16. The van der Waals surface area contributed by atoms with Crippen molar-refractivity contribution in [2.45, 2.75) is 149 Å². The molecule has 0 spiro atoms. The summed E-state index contributed by atoms with van der Waals surface area (Å²) in [5.41, 5.74) is 10.5. The summed E-state index contributed by atoms with van der Waals surface area (Å²) in [6.07, 6.45) is -28.8. The number of benzene rings is 4. The Morgan fingerprint density at radius 1 is 0.281 bits per heavy atom. The van der Waals surface area contributed by atoms with Gasteiger partial charge in [-0.1, -0.05) is 48.5 Å². The van der Waals surface area contributed by atoms with Crippen LogP contribution >= 0.6 is 0 Å². The number of fused-ring (bicyclic) bond motifs is 8. The van der Waals surface area contributed by atoms with Gasteiger partial charge in [-0.05, 0) is 121 Å². The van der Waals surface area contributed by atoms with E-state index >= 15 is 0 Å². The fourth-order valence-corrected chi connectivity index (χ4v) is 13.0. The maximum Gasteiger partial charge on any atom is 0.229 e. The van der Waals surface area contributed by atoms with Crippen LogP contribution in [0.3, 0.4) is 0 Å². The van der Waals surface area contributed by atoms with Gasteiger partial charge in [0.25, 0.3) is 0 Å². The van der Waals surface area contributed by atoms with Crippen LogP contribution < -0.4 is 18.9 Å². The molecule has 4 aromatic carbocycles. The molecule has 96 heavy (non-hydrogen) atoms. The Kier molecular flexibility index (Phi) is 19.6. The Morgan fingerprint density at radius 3 is 0.667 bits per heavy atom. The monoisotopic (exact) mass is 1330 g/mol. The molecule has 0 saturated carbocycles. The van der Waals surface area contributed by atoms with E-state index in [1.165, 1.54) is 0 Å². The molecule has 8 bridgehead atoms. The zero-order chi connectivity index (χ0) is 67.4. The van der Waals surface area contributed by atoms with E-state index in [-0.39, 0.29) is 23.0 Å². The molecule has 6 aliphatic rings. The highest BCUT2D eigenvalue weighted by Crippen LogP contribution is 2.41. The Bertz CT molecular complexity index is 3510. The first-order valence-electron chi connectivity index (χ1n) is 31.4. The number of aromatic amines is 2. The SMILES string of the molecule is OC[C@H]1OC(Oc2ccc(-c3c4nc(c(-c5ccc(OC6O[C@H](CO)[C@@H](O)[C@H](O)[C@H]6O)cc5)c5ccc([nH]5)c(-c5ccc(OC6O[C@H](CO)[C@@H](O)[C@H](O)[C@H]6O)cc5)c5nc(c(-c6ccc(OC7O[C@H](CO)[C@@H](O)[C@H](O)[C@H]7O)cc6)c6ccc3[nH]6)CC5)CC4)cc2)[C@H](O)[C@@H](O)[C@@H]1O. The van der Waals surface area contributed by atoms with Gasteiger partial charge in [-0.25, -0.2) is 0 Å². The van der Waals surface area contributed by atoms with Crippen LogP contribution in [0, 0.1) is 0 Å². The molecule has 4 saturated heterocycles. The van der Waals surface area contributed by atoms with E-state index in [1.807, 2.05) is 24.3 Å². The minimum atomic E-state index is -1.68. The molecule has 510 valence electrons. The second kappa shape index (κ2) is 28.1. The maximum absolute atomic E-state index is 10.9. The highest BCUT2D eigenvalue weighted by Gasteiger charge is 2.48. The molecule has 0 aliphatic carbocycles. The van der Waals surface area contributed by atoms with Crippen LogP contribution in [0.4, 0.5) is 0 Å². The Balaban J connectivity index is 0.978. The summed E-state index contributed by atoms with van der Waals surface area (Å²) in [4.78, 5) is 18.3. The Labute approximate surface area is 546 Å². The first kappa shape index (κ1) is 67.0. The number of hydrogen-bond acceptors (Lipinski definition) is 26. The predicted molar refractivity (Wildman–Crippen MR) is 335 cm³/mol. The number of nitrogens with one attached hydrogen (secondary N) is 2. The number of aliphatic hydroxyl groups excluding tert-OH is 16. The maximum atomic E-state index is 10.9. The standard InChI is InChI=1S/C68H74N4O24/c73-25-45-53(77)57(81)61(85)65(93-45)89-33-9-1-29(2-10-33)49-37-17-19-39(69-37)50(30-3-11-34(12-4-30)90-66-62(86)58(82)54(78)46(26-74)94-66)41-21-23-43(71-41)52(32-7-15-36(16-8-32)92-68-64(88)60(84)56(80)48(28-76)96-68)44-24-22-42(72-44)51(40-20-18-38(49)70-40)31-5-13-35(14-6-31)91-67-63(87)59(83)55(79)47(27-75)95-67/h1-17,19,22,24,45-48,53-69,72-88H,18,20-21,23,25-28H2/t45-,46-,47-,48-,53-,54-,55-,56-,57+,58+,59+,60+,61-,62-,63-,64-,65?,66?,67?,68?/m1/s1. The molecule has 9 heterocycles. The number of nitrogens with zero attached hydrogens (tertiary/aromatic N) is 2. The highest BCUT2D eigenvalue weighted by molar-refractivity contribution is 5.92. The van der Waals surface area contributed by atoms with Crippen molar-refractivity contribution in [1.29, 1.82) is 0 Å². The summed E-state index contributed by atoms with van der Waals surface area (Å²) in [5.74, 6) is 0.875. The van der Waals surface area contributed by atoms with Crippen molar-refractivity contribution in [3.63, 3.8) is 0 Å². The van der Waals surface area contributed by atoms with E-state index in [1.54, 1.807) is 97.1 Å². The number of aryl methyl sites for hydroxylation is 4. The van der Waals surface area contributed by atoms with Gasteiger partial charge in [-0.3, -0.25) is 9.97 Å². The topological polar surface area (TPSA) is 455 Å². The smallest absolute Gasteiger partial charge is 0.229 e. The Morgan fingerprint density at radius 2 is 0.479 bits per heavy atom. The van der Waals surface area contributed by atoms with Gasteiger partial charge in [-0.2, -0.15) is 0 Å². The van der Waals surface area contributed by atoms with Gasteiger partial charge in [-0.15, -0.1) is 0 Å². The molecule has 13 rings (SSSR count). The lowest BCUT2D eigenvalue weighted by Crippen LogP contribution is -2.60. The molecule has 0 radical (unpaired) electrons. The minimum Gasteiger partial charge on any atom is -0.462 e. The zero-order valence-electron chi connectivity index (χ0n) is 51.1. The van der Waals surface area contributed by atoms with Crippen LogP contribution in [0.1, 0.15) is 22.8 Å². The van der Waals surface area contributed by atoms with Crippen LogP contribution in [0.2, 0.25) is 0 Å². The van der Waals surface area contributed by atoms with E-state index < -0.39 is 149 Å². The van der Waals surface area contributed by atoms with Crippen molar-refractivity contribution >= 4 is 22.1 Å². The van der Waals surface area contributed by atoms with Crippen LogP contribution in [0.15, 0.2) is 121 Å². The fraction of sp³-hybridized carbons (Fsp3) is 0.412. The summed E-state index contributed by atoms with van der Waals surface area (Å²) < 4.78 is 46.7. The van der Waals surface area contributed by atoms with E-state index in [2.05, 4.69) is 9.97 Å². The lowest BCUT2D eigenvalue weighted by molar-refractivity contribution is -0.277. The van der Waals surface area contributed by atoms with Crippen LogP contribution in [0.5, 0.6) is 23.0 Å². The molecular weight excluding hydrogens is 1260 g/mol. The summed E-state index contributed by atoms with van der Waals surface area (Å²) in [7, 11) is 0. The third kappa shape index (κ3) is 13.0. The quantitative estimate of drug-likeness (QED) is 0.0567. The largest absolute Gasteiger partial charge is 0.462 e. The van der Waals surface area contributed by atoms with Crippen molar-refractivity contribution in [3.8, 4) is 67.5 Å². The second-order valence-corrected chi connectivity index (χ2v) is 24.4. The second-order valence-electron chi connectivity index (χ2n) is 24.4. The van der Waals surface area contributed by atoms with Crippen molar-refractivity contribution in [2.24, 2.45) is 0 Å². The lowest BCUT2D eigenvalue weighted by Gasteiger charge is -2.39. The minimum absolute atomic E-state index is 0.219. The van der Waals surface area contributed by atoms with Gasteiger partial charge >= 0.3 is 0 Å². The molecular formula is C68H74N4O24. The van der Waals surface area contributed by atoms with Crippen molar-refractivity contribution in [2.75, 3.05) is 26.4 Å². The highest BCUT2D eigenvalue weighted by atomic mass is 16.7.